The van der Waals surface area contributed by atoms with Crippen LogP contribution in [0.15, 0.2) is 66.7 Å². The first kappa shape index (κ1) is 13.5. The molecular weight excluding hydrogens is 295 g/mol. The van der Waals surface area contributed by atoms with Crippen molar-refractivity contribution in [2.75, 3.05) is 0 Å². The van der Waals surface area contributed by atoms with Crippen molar-refractivity contribution in [1.29, 1.82) is 0 Å². The minimum absolute atomic E-state index is 0.0449. The predicted octanol–water partition coefficient (Wildman–Crippen LogP) is 3.90. The second kappa shape index (κ2) is 4.65. The molecule has 0 aliphatic carbocycles. The molecule has 4 aromatic rings. The maximum absolute atomic E-state index is 11.3. The SMILES string of the molecule is O=P(O)(O)c1ccc(-c2ccc3cc2c2cccc3c2)cc1. The third-order valence-corrected chi connectivity index (χ3v) is 5.01. The van der Waals surface area contributed by atoms with Crippen molar-refractivity contribution in [3.63, 3.8) is 0 Å². The van der Waals surface area contributed by atoms with Crippen LogP contribution in [0, 0.1) is 0 Å². The summed E-state index contributed by atoms with van der Waals surface area (Å²) in [7, 11) is -4.19. The van der Waals surface area contributed by atoms with Gasteiger partial charge in [-0.3, -0.25) is 4.57 Å². The Morgan fingerprint density at radius 3 is 2.14 bits per heavy atom. The van der Waals surface area contributed by atoms with E-state index in [1.54, 1.807) is 12.1 Å². The van der Waals surface area contributed by atoms with Gasteiger partial charge in [-0.15, -0.1) is 0 Å². The lowest BCUT2D eigenvalue weighted by atomic mass is 9.94. The molecule has 0 spiro atoms. The van der Waals surface area contributed by atoms with Crippen molar-refractivity contribution in [3.8, 4) is 11.1 Å². The van der Waals surface area contributed by atoms with Gasteiger partial charge in [0.2, 0.25) is 0 Å². The summed E-state index contributed by atoms with van der Waals surface area (Å²) in [6, 6.07) is 21.2. The largest absolute Gasteiger partial charge is 0.356 e. The first-order valence-electron chi connectivity index (χ1n) is 6.94. The number of hydrogen-bond acceptors (Lipinski definition) is 1. The molecule has 0 aliphatic rings. The molecule has 4 aromatic carbocycles. The average molecular weight is 308 g/mol. The number of hydrogen-bond donors (Lipinski definition) is 2. The number of benzene rings is 4. The Labute approximate surface area is 127 Å². The van der Waals surface area contributed by atoms with Crippen molar-refractivity contribution < 1.29 is 14.4 Å². The van der Waals surface area contributed by atoms with E-state index < -0.39 is 7.60 Å². The van der Waals surface area contributed by atoms with Crippen LogP contribution in [0.25, 0.3) is 32.7 Å². The molecule has 4 bridgehead atoms. The van der Waals surface area contributed by atoms with Gasteiger partial charge in [-0.2, -0.15) is 0 Å². The molecule has 0 radical (unpaired) electrons. The second-order valence-corrected chi connectivity index (χ2v) is 7.04. The number of rotatable bonds is 2. The highest BCUT2D eigenvalue weighted by atomic mass is 31.2. The summed E-state index contributed by atoms with van der Waals surface area (Å²) in [6.07, 6.45) is 0. The second-order valence-electron chi connectivity index (χ2n) is 5.43. The minimum Gasteiger partial charge on any atom is -0.321 e. The van der Waals surface area contributed by atoms with Crippen LogP contribution < -0.4 is 5.30 Å². The Morgan fingerprint density at radius 2 is 1.41 bits per heavy atom. The molecule has 0 fully saturated rings. The first-order chi connectivity index (χ1) is 10.5. The van der Waals surface area contributed by atoms with Gasteiger partial charge < -0.3 is 9.79 Å². The zero-order chi connectivity index (χ0) is 15.3. The van der Waals surface area contributed by atoms with E-state index in [2.05, 4.69) is 36.4 Å². The van der Waals surface area contributed by atoms with Crippen molar-refractivity contribution in [2.45, 2.75) is 0 Å². The molecule has 0 aromatic heterocycles. The summed E-state index contributed by atoms with van der Waals surface area (Å²) >= 11 is 0. The third kappa shape index (κ3) is 2.11. The Morgan fingerprint density at radius 1 is 0.727 bits per heavy atom. The first-order valence-corrected chi connectivity index (χ1v) is 8.55. The van der Waals surface area contributed by atoms with E-state index in [0.29, 0.717) is 0 Å². The molecule has 0 atom stereocenters. The molecule has 4 heteroatoms. The molecule has 0 saturated heterocycles. The summed E-state index contributed by atoms with van der Waals surface area (Å²) < 4.78 is 11.3. The Balaban J connectivity index is 1.92. The Kier molecular flexibility index (Phi) is 2.85. The van der Waals surface area contributed by atoms with Crippen molar-refractivity contribution >= 4 is 34.4 Å². The molecule has 108 valence electrons. The number of fused-ring (bicyclic) bond motifs is 6. The summed E-state index contributed by atoms with van der Waals surface area (Å²) in [5.41, 5.74) is 2.02. The van der Waals surface area contributed by atoms with Gasteiger partial charge in [0.05, 0.1) is 5.30 Å². The van der Waals surface area contributed by atoms with Gasteiger partial charge in [0, 0.05) is 0 Å². The lowest BCUT2D eigenvalue weighted by molar-refractivity contribution is 0.387. The molecule has 3 nitrogen and oxygen atoms in total. The van der Waals surface area contributed by atoms with Gasteiger partial charge in [0.15, 0.2) is 0 Å². The zero-order valence-electron chi connectivity index (χ0n) is 11.6. The van der Waals surface area contributed by atoms with Crippen LogP contribution in [-0.2, 0) is 4.57 Å². The molecule has 4 rings (SSSR count). The Hall–Kier alpha value is -2.19. The van der Waals surface area contributed by atoms with Gasteiger partial charge in [-0.25, -0.2) is 0 Å². The summed E-state index contributed by atoms with van der Waals surface area (Å²) in [5, 5.41) is 4.77. The summed E-state index contributed by atoms with van der Waals surface area (Å²) in [6.45, 7) is 0. The highest BCUT2D eigenvalue weighted by Gasteiger charge is 2.16. The van der Waals surface area contributed by atoms with Gasteiger partial charge >= 0.3 is 7.60 Å². The normalized spacial score (nSPS) is 12.3. The summed E-state index contributed by atoms with van der Waals surface area (Å²) in [5.74, 6) is 0. The van der Waals surface area contributed by atoms with Crippen molar-refractivity contribution in [1.82, 2.24) is 0 Å². The molecule has 0 heterocycles. The van der Waals surface area contributed by atoms with E-state index in [1.807, 2.05) is 6.07 Å². The molecule has 2 N–H and O–H groups in total. The fourth-order valence-corrected chi connectivity index (χ4v) is 3.45. The average Bonchev–Trinajstić information content (AvgIpc) is 2.53. The van der Waals surface area contributed by atoms with Crippen LogP contribution in [0.2, 0.25) is 0 Å². The lowest BCUT2D eigenvalue weighted by Gasteiger charge is -2.11. The van der Waals surface area contributed by atoms with E-state index in [4.69, 9.17) is 0 Å². The van der Waals surface area contributed by atoms with E-state index >= 15 is 0 Å². The van der Waals surface area contributed by atoms with Gasteiger partial charge in [-0.1, -0.05) is 42.5 Å². The standard InChI is InChI=1S/C18H13O3P/c19-22(20,21)16-7-4-12(5-8-16)17-9-6-14-11-18(17)15-3-1-2-13(14)10-15/h1-11H,(H2,19,20,21). The highest BCUT2D eigenvalue weighted by molar-refractivity contribution is 7.60. The Bertz CT molecular complexity index is 1020. The fraction of sp³-hybridized carbons (Fsp3) is 0. The van der Waals surface area contributed by atoms with Crippen LogP contribution in [-0.4, -0.2) is 9.79 Å². The van der Waals surface area contributed by atoms with Crippen molar-refractivity contribution in [2.24, 2.45) is 0 Å². The van der Waals surface area contributed by atoms with E-state index in [0.717, 1.165) is 16.5 Å². The smallest absolute Gasteiger partial charge is 0.321 e. The minimum atomic E-state index is -4.19. The van der Waals surface area contributed by atoms with E-state index in [1.165, 1.54) is 28.3 Å². The van der Waals surface area contributed by atoms with Crippen LogP contribution >= 0.6 is 7.60 Å². The van der Waals surface area contributed by atoms with Crippen molar-refractivity contribution in [3.05, 3.63) is 66.7 Å². The molecular formula is C18H13O3P. The predicted molar refractivity (Wildman–Crippen MR) is 89.8 cm³/mol. The molecule has 0 amide bonds. The summed E-state index contributed by atoms with van der Waals surface area (Å²) in [4.78, 5) is 18.4. The van der Waals surface area contributed by atoms with Gasteiger partial charge in [0.1, 0.15) is 0 Å². The topological polar surface area (TPSA) is 57.5 Å². The van der Waals surface area contributed by atoms with Gasteiger partial charge in [0.25, 0.3) is 0 Å². The monoisotopic (exact) mass is 308 g/mol. The van der Waals surface area contributed by atoms with Gasteiger partial charge in [-0.05, 0) is 56.9 Å². The quantitative estimate of drug-likeness (QED) is 0.552. The van der Waals surface area contributed by atoms with Crippen LogP contribution in [0.4, 0.5) is 0 Å². The highest BCUT2D eigenvalue weighted by Crippen LogP contribution is 2.36. The third-order valence-electron chi connectivity index (χ3n) is 4.04. The van der Waals surface area contributed by atoms with Crippen LogP contribution in [0.5, 0.6) is 0 Å². The van der Waals surface area contributed by atoms with Crippen LogP contribution in [0.1, 0.15) is 0 Å². The molecule has 0 aliphatic heterocycles. The van der Waals surface area contributed by atoms with E-state index in [9.17, 15) is 14.4 Å². The fourth-order valence-electron chi connectivity index (χ4n) is 2.92. The molecule has 22 heavy (non-hydrogen) atoms. The lowest BCUT2D eigenvalue weighted by Crippen LogP contribution is -2.02. The molecule has 0 saturated carbocycles. The molecule has 0 unspecified atom stereocenters. The maximum Gasteiger partial charge on any atom is 0.356 e. The maximum atomic E-state index is 11.3. The zero-order valence-corrected chi connectivity index (χ0v) is 12.5. The van der Waals surface area contributed by atoms with E-state index in [-0.39, 0.29) is 5.30 Å². The van der Waals surface area contributed by atoms with Crippen LogP contribution in [0.3, 0.4) is 0 Å².